The molecule has 1 atom stereocenters. The van der Waals surface area contributed by atoms with E-state index in [2.05, 4.69) is 22.4 Å². The molecule has 0 aliphatic rings. The Morgan fingerprint density at radius 2 is 2.00 bits per heavy atom. The van der Waals surface area contributed by atoms with Crippen LogP contribution >= 0.6 is 0 Å². The highest BCUT2D eigenvalue weighted by Gasteiger charge is 2.11. The van der Waals surface area contributed by atoms with Gasteiger partial charge in [-0.3, -0.25) is 0 Å². The average Bonchev–Trinajstić information content (AvgIpc) is 2.50. The molecule has 0 spiro atoms. The molecule has 1 aromatic carbocycles. The summed E-state index contributed by atoms with van der Waals surface area (Å²) < 4.78 is 13.0. The van der Waals surface area contributed by atoms with Crippen molar-refractivity contribution in [2.45, 2.75) is 38.8 Å². The van der Waals surface area contributed by atoms with Gasteiger partial charge in [0.25, 0.3) is 0 Å². The molecule has 0 saturated heterocycles. The molecule has 0 amide bonds. The van der Waals surface area contributed by atoms with Crippen LogP contribution in [0.5, 0.6) is 0 Å². The molecule has 0 saturated carbocycles. The molecule has 0 aliphatic heterocycles. The van der Waals surface area contributed by atoms with Gasteiger partial charge in [-0.05, 0) is 36.2 Å². The monoisotopic (exact) mass is 273 g/mol. The van der Waals surface area contributed by atoms with Crippen molar-refractivity contribution in [3.05, 3.63) is 59.7 Å². The average molecular weight is 273 g/mol. The lowest BCUT2D eigenvalue weighted by atomic mass is 10.0. The first-order valence-corrected chi connectivity index (χ1v) is 7.05. The van der Waals surface area contributed by atoms with Gasteiger partial charge in [0.1, 0.15) is 5.82 Å². The van der Waals surface area contributed by atoms with Crippen LogP contribution in [0, 0.1) is 5.82 Å². The lowest BCUT2D eigenvalue weighted by Gasteiger charge is -2.18. The number of rotatable bonds is 7. The number of nitrogens with one attached hydrogen (secondary N) is 1. The topological polar surface area (TPSA) is 37.8 Å². The van der Waals surface area contributed by atoms with Gasteiger partial charge in [0, 0.05) is 18.8 Å². The quantitative estimate of drug-likeness (QED) is 0.837. The minimum Gasteiger partial charge on any atom is -0.304 e. The maximum absolute atomic E-state index is 13.0. The number of halogens is 1. The number of nitrogens with zero attached hydrogens (tertiary/aromatic N) is 2. The largest absolute Gasteiger partial charge is 0.304 e. The molecule has 1 aromatic heterocycles. The molecule has 0 bridgehead atoms. The zero-order chi connectivity index (χ0) is 14.2. The van der Waals surface area contributed by atoms with Crippen molar-refractivity contribution >= 4 is 0 Å². The first-order chi connectivity index (χ1) is 9.79. The number of aromatic nitrogens is 2. The van der Waals surface area contributed by atoms with Crippen molar-refractivity contribution in [3.63, 3.8) is 0 Å². The third-order valence-corrected chi connectivity index (χ3v) is 3.28. The van der Waals surface area contributed by atoms with Gasteiger partial charge in [0.05, 0.1) is 5.69 Å². The van der Waals surface area contributed by atoms with Crippen LogP contribution in [-0.2, 0) is 6.54 Å². The lowest BCUT2D eigenvalue weighted by Crippen LogP contribution is -2.21. The van der Waals surface area contributed by atoms with Gasteiger partial charge in [-0.15, -0.1) is 0 Å². The van der Waals surface area contributed by atoms with E-state index in [1.807, 2.05) is 24.3 Å². The highest BCUT2D eigenvalue weighted by atomic mass is 19.1. The van der Waals surface area contributed by atoms with Gasteiger partial charge in [-0.25, -0.2) is 4.39 Å². The van der Waals surface area contributed by atoms with Crippen molar-refractivity contribution in [1.82, 2.24) is 15.5 Å². The zero-order valence-corrected chi connectivity index (χ0v) is 11.7. The first kappa shape index (κ1) is 14.6. The third kappa shape index (κ3) is 4.38. The Balaban J connectivity index is 2.01. The molecule has 106 valence electrons. The molecule has 1 heterocycles. The van der Waals surface area contributed by atoms with Crippen molar-refractivity contribution in [2.24, 2.45) is 0 Å². The Kier molecular flexibility index (Phi) is 5.62. The summed E-state index contributed by atoms with van der Waals surface area (Å²) in [6.07, 6.45) is 4.97. The Hall–Kier alpha value is -1.81. The minimum absolute atomic E-state index is 0.197. The summed E-state index contributed by atoms with van der Waals surface area (Å²) in [6.45, 7) is 2.84. The molecule has 20 heavy (non-hydrogen) atoms. The standard InChI is InChI=1S/C16H20FN3/c1-2-3-6-16(13-7-9-14(17)10-8-13)18-12-15-5-4-11-19-20-15/h4-5,7-11,16,18H,2-3,6,12H2,1H3. The summed E-state index contributed by atoms with van der Waals surface area (Å²) in [7, 11) is 0. The Morgan fingerprint density at radius 1 is 1.20 bits per heavy atom. The SMILES string of the molecule is CCCCC(NCc1cccnn1)c1ccc(F)cc1. The van der Waals surface area contributed by atoms with Gasteiger partial charge in [0.15, 0.2) is 0 Å². The van der Waals surface area contributed by atoms with E-state index in [1.54, 1.807) is 6.20 Å². The fourth-order valence-corrected chi connectivity index (χ4v) is 2.15. The first-order valence-electron chi connectivity index (χ1n) is 7.05. The van der Waals surface area contributed by atoms with Crippen LogP contribution < -0.4 is 5.32 Å². The van der Waals surface area contributed by atoms with E-state index in [0.29, 0.717) is 6.54 Å². The number of hydrogen-bond donors (Lipinski definition) is 1. The van der Waals surface area contributed by atoms with E-state index in [4.69, 9.17) is 0 Å². The molecule has 2 rings (SSSR count). The Labute approximate surface area is 119 Å². The summed E-state index contributed by atoms with van der Waals surface area (Å²) in [6, 6.07) is 10.8. The van der Waals surface area contributed by atoms with Crippen LogP contribution in [0.4, 0.5) is 4.39 Å². The molecular weight excluding hydrogens is 253 g/mol. The summed E-state index contributed by atoms with van der Waals surface area (Å²) in [5.41, 5.74) is 2.03. The maximum atomic E-state index is 13.0. The minimum atomic E-state index is -0.197. The second-order valence-electron chi connectivity index (χ2n) is 4.84. The number of benzene rings is 1. The fourth-order valence-electron chi connectivity index (χ4n) is 2.15. The highest BCUT2D eigenvalue weighted by Crippen LogP contribution is 2.20. The van der Waals surface area contributed by atoms with Gasteiger partial charge in [-0.2, -0.15) is 10.2 Å². The van der Waals surface area contributed by atoms with E-state index in [0.717, 1.165) is 30.5 Å². The van der Waals surface area contributed by atoms with Crippen molar-refractivity contribution in [1.29, 1.82) is 0 Å². The highest BCUT2D eigenvalue weighted by molar-refractivity contribution is 5.20. The van der Waals surface area contributed by atoms with E-state index in [9.17, 15) is 4.39 Å². The normalized spacial score (nSPS) is 12.3. The summed E-state index contributed by atoms with van der Waals surface area (Å²) >= 11 is 0. The smallest absolute Gasteiger partial charge is 0.123 e. The second-order valence-corrected chi connectivity index (χ2v) is 4.84. The molecule has 1 unspecified atom stereocenters. The van der Waals surface area contributed by atoms with Gasteiger partial charge >= 0.3 is 0 Å². The van der Waals surface area contributed by atoms with Crippen LogP contribution in [-0.4, -0.2) is 10.2 Å². The molecule has 3 nitrogen and oxygen atoms in total. The molecule has 0 aliphatic carbocycles. The Morgan fingerprint density at radius 3 is 2.65 bits per heavy atom. The van der Waals surface area contributed by atoms with Gasteiger partial charge < -0.3 is 5.32 Å². The third-order valence-electron chi connectivity index (χ3n) is 3.28. The summed E-state index contributed by atoms with van der Waals surface area (Å²) in [5.74, 6) is -0.197. The van der Waals surface area contributed by atoms with Crippen LogP contribution in [0.15, 0.2) is 42.6 Å². The van der Waals surface area contributed by atoms with Crippen LogP contribution in [0.1, 0.15) is 43.5 Å². The zero-order valence-electron chi connectivity index (χ0n) is 11.7. The van der Waals surface area contributed by atoms with E-state index in [1.165, 1.54) is 12.1 Å². The molecule has 0 fully saturated rings. The maximum Gasteiger partial charge on any atom is 0.123 e. The Bertz CT molecular complexity index is 499. The van der Waals surface area contributed by atoms with Crippen LogP contribution in [0.25, 0.3) is 0 Å². The molecule has 1 N–H and O–H groups in total. The molecule has 2 aromatic rings. The van der Waals surface area contributed by atoms with Crippen molar-refractivity contribution in [2.75, 3.05) is 0 Å². The van der Waals surface area contributed by atoms with E-state index in [-0.39, 0.29) is 11.9 Å². The van der Waals surface area contributed by atoms with E-state index >= 15 is 0 Å². The van der Waals surface area contributed by atoms with Crippen molar-refractivity contribution in [3.8, 4) is 0 Å². The van der Waals surface area contributed by atoms with E-state index < -0.39 is 0 Å². The molecule has 0 radical (unpaired) electrons. The summed E-state index contributed by atoms with van der Waals surface area (Å²) in [5, 5.41) is 11.4. The fraction of sp³-hybridized carbons (Fsp3) is 0.375. The molecular formula is C16H20FN3. The van der Waals surface area contributed by atoms with Crippen LogP contribution in [0.3, 0.4) is 0 Å². The van der Waals surface area contributed by atoms with Crippen LogP contribution in [0.2, 0.25) is 0 Å². The van der Waals surface area contributed by atoms with Crippen molar-refractivity contribution < 1.29 is 4.39 Å². The second kappa shape index (κ2) is 7.70. The van der Waals surface area contributed by atoms with Gasteiger partial charge in [0.2, 0.25) is 0 Å². The number of unbranched alkanes of at least 4 members (excludes halogenated alkanes) is 1. The predicted octanol–water partition coefficient (Wildman–Crippen LogP) is 3.64. The predicted molar refractivity (Wildman–Crippen MR) is 77.5 cm³/mol. The molecule has 4 heteroatoms. The number of hydrogen-bond acceptors (Lipinski definition) is 3. The summed E-state index contributed by atoms with van der Waals surface area (Å²) in [4.78, 5) is 0. The lowest BCUT2D eigenvalue weighted by molar-refractivity contribution is 0.475. The van der Waals surface area contributed by atoms with Gasteiger partial charge in [-0.1, -0.05) is 31.9 Å².